The molecule has 2 N–H and O–H groups in total. The molecule has 0 spiro atoms. The van der Waals surface area contributed by atoms with Crippen molar-refractivity contribution in [2.75, 3.05) is 5.73 Å². The number of rotatable bonds is 2. The predicted octanol–water partition coefficient (Wildman–Crippen LogP) is 2.97. The number of hydrogen-bond acceptors (Lipinski definition) is 5. The third-order valence-electron chi connectivity index (χ3n) is 4.27. The van der Waals surface area contributed by atoms with E-state index in [0.717, 1.165) is 0 Å². The SMILES string of the molecule is Nc1nc(-c2cccc(F)c2)c(-c2cc(F)c3ncnn3c2)n2ccnc12. The van der Waals surface area contributed by atoms with Crippen molar-refractivity contribution in [3.05, 3.63) is 66.9 Å². The van der Waals surface area contributed by atoms with Crippen LogP contribution in [0.3, 0.4) is 0 Å². The normalized spacial score (nSPS) is 11.5. The summed E-state index contributed by atoms with van der Waals surface area (Å²) in [6.45, 7) is 0. The second kappa shape index (κ2) is 5.56. The molecule has 5 aromatic rings. The highest BCUT2D eigenvalue weighted by molar-refractivity contribution is 5.83. The van der Waals surface area contributed by atoms with Gasteiger partial charge in [-0.25, -0.2) is 28.2 Å². The Morgan fingerprint density at radius 2 is 1.89 bits per heavy atom. The van der Waals surface area contributed by atoms with Gasteiger partial charge in [0.25, 0.3) is 0 Å². The lowest BCUT2D eigenvalue weighted by Gasteiger charge is -2.14. The number of nitrogens with two attached hydrogens (primary N) is 1. The number of nitrogen functional groups attached to an aromatic ring is 1. The highest BCUT2D eigenvalue weighted by atomic mass is 19.1. The van der Waals surface area contributed by atoms with Crippen LogP contribution in [0.25, 0.3) is 33.8 Å². The van der Waals surface area contributed by atoms with Crippen molar-refractivity contribution in [2.45, 2.75) is 0 Å². The van der Waals surface area contributed by atoms with Crippen molar-refractivity contribution < 1.29 is 8.78 Å². The summed E-state index contributed by atoms with van der Waals surface area (Å²) in [6.07, 6.45) is 6.15. The molecule has 1 aromatic carbocycles. The van der Waals surface area contributed by atoms with Crippen LogP contribution in [-0.2, 0) is 0 Å². The van der Waals surface area contributed by atoms with E-state index >= 15 is 0 Å². The highest BCUT2D eigenvalue weighted by Gasteiger charge is 2.19. The second-order valence-electron chi connectivity index (χ2n) is 5.93. The van der Waals surface area contributed by atoms with Crippen molar-refractivity contribution in [1.29, 1.82) is 0 Å². The van der Waals surface area contributed by atoms with Gasteiger partial charge < -0.3 is 5.73 Å². The zero-order valence-electron chi connectivity index (χ0n) is 13.7. The molecule has 0 amide bonds. The molecule has 0 aliphatic heterocycles. The molecule has 0 aliphatic rings. The van der Waals surface area contributed by atoms with Crippen LogP contribution in [0.1, 0.15) is 0 Å². The fraction of sp³-hybridized carbons (Fsp3) is 0. The van der Waals surface area contributed by atoms with E-state index in [1.807, 2.05) is 0 Å². The summed E-state index contributed by atoms with van der Waals surface area (Å²) in [5.41, 5.74) is 8.46. The van der Waals surface area contributed by atoms with Gasteiger partial charge in [0.05, 0.1) is 11.4 Å². The average Bonchev–Trinajstić information content (AvgIpc) is 3.31. The zero-order chi connectivity index (χ0) is 18.5. The first kappa shape index (κ1) is 15.4. The Morgan fingerprint density at radius 1 is 1.00 bits per heavy atom. The number of aromatic nitrogens is 6. The number of fused-ring (bicyclic) bond motifs is 2. The molecule has 0 saturated heterocycles. The van der Waals surface area contributed by atoms with E-state index < -0.39 is 11.6 Å². The van der Waals surface area contributed by atoms with Crippen molar-refractivity contribution in [1.82, 2.24) is 29.0 Å². The molecule has 4 aromatic heterocycles. The summed E-state index contributed by atoms with van der Waals surface area (Å²) >= 11 is 0. The summed E-state index contributed by atoms with van der Waals surface area (Å²) in [6, 6.07) is 7.30. The Labute approximate surface area is 150 Å². The smallest absolute Gasteiger partial charge is 0.191 e. The fourth-order valence-electron chi connectivity index (χ4n) is 3.14. The van der Waals surface area contributed by atoms with Gasteiger partial charge in [-0.3, -0.25) is 4.40 Å². The minimum Gasteiger partial charge on any atom is -0.381 e. The summed E-state index contributed by atoms with van der Waals surface area (Å²) in [5.74, 6) is -0.770. The molecule has 5 rings (SSSR count). The molecule has 0 atom stereocenters. The lowest BCUT2D eigenvalue weighted by molar-refractivity contribution is 0.627. The van der Waals surface area contributed by atoms with Crippen molar-refractivity contribution >= 4 is 17.1 Å². The van der Waals surface area contributed by atoms with Gasteiger partial charge in [0, 0.05) is 29.7 Å². The number of halogens is 2. The van der Waals surface area contributed by atoms with E-state index in [2.05, 4.69) is 20.1 Å². The molecule has 0 bridgehead atoms. The molecule has 0 saturated carbocycles. The van der Waals surface area contributed by atoms with E-state index in [-0.39, 0.29) is 11.5 Å². The van der Waals surface area contributed by atoms with Crippen molar-refractivity contribution in [3.63, 3.8) is 0 Å². The van der Waals surface area contributed by atoms with E-state index in [9.17, 15) is 8.78 Å². The van der Waals surface area contributed by atoms with Crippen LogP contribution in [0.2, 0.25) is 0 Å². The van der Waals surface area contributed by atoms with E-state index in [0.29, 0.717) is 28.2 Å². The van der Waals surface area contributed by atoms with E-state index in [4.69, 9.17) is 5.73 Å². The first-order chi connectivity index (χ1) is 13.1. The van der Waals surface area contributed by atoms with Crippen LogP contribution >= 0.6 is 0 Å². The number of nitrogens with zero attached hydrogens (tertiary/aromatic N) is 6. The molecule has 0 fully saturated rings. The number of imidazole rings is 1. The van der Waals surface area contributed by atoms with Gasteiger partial charge >= 0.3 is 0 Å². The number of benzene rings is 1. The number of anilines is 1. The maximum atomic E-state index is 14.5. The standard InChI is InChI=1S/C18H11F2N7/c19-12-3-1-2-10(6-12)14-15(26-5-4-22-18(26)16(21)25-14)11-7-13(20)17-23-9-24-27(17)8-11/h1-9H,(H2,21,25). The highest BCUT2D eigenvalue weighted by Crippen LogP contribution is 2.33. The predicted molar refractivity (Wildman–Crippen MR) is 94.7 cm³/mol. The first-order valence-electron chi connectivity index (χ1n) is 7.99. The minimum absolute atomic E-state index is 0.108. The van der Waals surface area contributed by atoms with Gasteiger partial charge in [-0.2, -0.15) is 5.10 Å². The Kier molecular flexibility index (Phi) is 3.17. The number of pyridine rings is 1. The van der Waals surface area contributed by atoms with Crippen LogP contribution in [0.5, 0.6) is 0 Å². The largest absolute Gasteiger partial charge is 0.381 e. The minimum atomic E-state index is -0.541. The second-order valence-corrected chi connectivity index (χ2v) is 5.93. The van der Waals surface area contributed by atoms with Gasteiger partial charge in [0.15, 0.2) is 22.9 Å². The average molecular weight is 363 g/mol. The van der Waals surface area contributed by atoms with E-state index in [1.54, 1.807) is 35.1 Å². The lowest BCUT2D eigenvalue weighted by Crippen LogP contribution is -2.05. The molecule has 4 heterocycles. The topological polar surface area (TPSA) is 86.4 Å². The van der Waals surface area contributed by atoms with Crippen LogP contribution in [-0.4, -0.2) is 29.0 Å². The van der Waals surface area contributed by atoms with Crippen molar-refractivity contribution in [2.24, 2.45) is 0 Å². The molecule has 0 unspecified atom stereocenters. The summed E-state index contributed by atoms with van der Waals surface area (Å²) in [4.78, 5) is 12.5. The summed E-state index contributed by atoms with van der Waals surface area (Å²) in [7, 11) is 0. The molecular weight excluding hydrogens is 352 g/mol. The zero-order valence-corrected chi connectivity index (χ0v) is 13.7. The maximum Gasteiger partial charge on any atom is 0.191 e. The molecule has 132 valence electrons. The van der Waals surface area contributed by atoms with Gasteiger partial charge in [-0.05, 0) is 18.2 Å². The summed E-state index contributed by atoms with van der Waals surface area (Å²) in [5, 5.41) is 4.00. The molecular formula is C18H11F2N7. The Hall–Kier alpha value is -3.88. The van der Waals surface area contributed by atoms with Gasteiger partial charge in [0.1, 0.15) is 12.1 Å². The Bertz CT molecular complexity index is 1320. The molecule has 27 heavy (non-hydrogen) atoms. The quantitative estimate of drug-likeness (QED) is 0.521. The molecule has 7 nitrogen and oxygen atoms in total. The lowest BCUT2D eigenvalue weighted by atomic mass is 10.0. The van der Waals surface area contributed by atoms with Crippen molar-refractivity contribution in [3.8, 4) is 22.5 Å². The molecule has 9 heteroatoms. The third-order valence-corrected chi connectivity index (χ3v) is 4.27. The monoisotopic (exact) mass is 363 g/mol. The van der Waals surface area contributed by atoms with Crippen LogP contribution in [0.4, 0.5) is 14.6 Å². The van der Waals surface area contributed by atoms with Crippen LogP contribution < -0.4 is 5.73 Å². The van der Waals surface area contributed by atoms with Crippen LogP contribution in [0, 0.1) is 11.6 Å². The number of hydrogen-bond donors (Lipinski definition) is 1. The maximum absolute atomic E-state index is 14.5. The fourth-order valence-corrected chi connectivity index (χ4v) is 3.14. The Balaban J connectivity index is 1.90. The first-order valence-corrected chi connectivity index (χ1v) is 7.99. The molecule has 0 radical (unpaired) electrons. The van der Waals surface area contributed by atoms with E-state index in [1.165, 1.54) is 29.0 Å². The molecule has 0 aliphatic carbocycles. The Morgan fingerprint density at radius 3 is 2.74 bits per heavy atom. The van der Waals surface area contributed by atoms with Crippen LogP contribution in [0.15, 0.2) is 55.2 Å². The van der Waals surface area contributed by atoms with Gasteiger partial charge in [-0.15, -0.1) is 0 Å². The van der Waals surface area contributed by atoms with Gasteiger partial charge in [0.2, 0.25) is 0 Å². The third kappa shape index (κ3) is 2.32. The van der Waals surface area contributed by atoms with Gasteiger partial charge in [-0.1, -0.05) is 12.1 Å². The summed E-state index contributed by atoms with van der Waals surface area (Å²) < 4.78 is 31.4.